The predicted molar refractivity (Wildman–Crippen MR) is 78.5 cm³/mol. The summed E-state index contributed by atoms with van der Waals surface area (Å²) in [5, 5.41) is 2.83. The average molecular weight is 277 g/mol. The van der Waals surface area contributed by atoms with E-state index < -0.39 is 0 Å². The highest BCUT2D eigenvalue weighted by molar-refractivity contribution is 5.76. The van der Waals surface area contributed by atoms with Crippen LogP contribution in [0.1, 0.15) is 18.9 Å². The van der Waals surface area contributed by atoms with Crippen molar-refractivity contribution in [2.24, 2.45) is 5.73 Å². The van der Waals surface area contributed by atoms with Crippen molar-refractivity contribution < 1.29 is 9.53 Å². The predicted octanol–water partition coefficient (Wildman–Crippen LogP) is 0.735. The van der Waals surface area contributed by atoms with E-state index in [0.29, 0.717) is 26.1 Å². The molecule has 20 heavy (non-hydrogen) atoms. The van der Waals surface area contributed by atoms with Gasteiger partial charge in [-0.15, -0.1) is 0 Å². The molecule has 1 heterocycles. The van der Waals surface area contributed by atoms with Crippen molar-refractivity contribution in [2.45, 2.75) is 25.9 Å². The molecule has 5 heteroatoms. The van der Waals surface area contributed by atoms with Crippen LogP contribution in [0.25, 0.3) is 0 Å². The van der Waals surface area contributed by atoms with Gasteiger partial charge >= 0.3 is 0 Å². The smallest absolute Gasteiger partial charge is 0.221 e. The first-order chi connectivity index (χ1) is 9.74. The molecule has 0 radical (unpaired) electrons. The number of carbonyl (C=O) groups is 1. The SMILES string of the molecule is CCNC(=O)CC(CN)N1CCOc2ccccc2C1. The fourth-order valence-electron chi connectivity index (χ4n) is 2.50. The van der Waals surface area contributed by atoms with Gasteiger partial charge in [-0.05, 0) is 13.0 Å². The molecule has 0 fully saturated rings. The van der Waals surface area contributed by atoms with Crippen LogP contribution in [0.2, 0.25) is 0 Å². The summed E-state index contributed by atoms with van der Waals surface area (Å²) in [6.07, 6.45) is 0.437. The Morgan fingerprint density at radius 1 is 1.50 bits per heavy atom. The number of nitrogens with two attached hydrogens (primary N) is 1. The van der Waals surface area contributed by atoms with Gasteiger partial charge in [0.15, 0.2) is 0 Å². The summed E-state index contributed by atoms with van der Waals surface area (Å²) in [5.74, 6) is 0.991. The maximum Gasteiger partial charge on any atom is 0.221 e. The van der Waals surface area contributed by atoms with Gasteiger partial charge in [-0.1, -0.05) is 18.2 Å². The third-order valence-corrected chi connectivity index (χ3v) is 3.57. The van der Waals surface area contributed by atoms with Crippen LogP contribution in [0.5, 0.6) is 5.75 Å². The highest BCUT2D eigenvalue weighted by Gasteiger charge is 2.23. The van der Waals surface area contributed by atoms with Crippen molar-refractivity contribution in [2.75, 3.05) is 26.2 Å². The molecule has 5 nitrogen and oxygen atoms in total. The minimum absolute atomic E-state index is 0.0521. The minimum atomic E-state index is 0.0521. The average Bonchev–Trinajstić information content (AvgIpc) is 2.67. The highest BCUT2D eigenvalue weighted by atomic mass is 16.5. The first kappa shape index (κ1) is 14.8. The van der Waals surface area contributed by atoms with Crippen molar-refractivity contribution in [1.29, 1.82) is 0 Å². The number of nitrogens with one attached hydrogen (secondary N) is 1. The number of carbonyl (C=O) groups excluding carboxylic acids is 1. The molecule has 0 aromatic heterocycles. The molecule has 3 N–H and O–H groups in total. The minimum Gasteiger partial charge on any atom is -0.492 e. The molecule has 1 aliphatic heterocycles. The van der Waals surface area contributed by atoms with E-state index in [4.69, 9.17) is 10.5 Å². The van der Waals surface area contributed by atoms with E-state index >= 15 is 0 Å². The van der Waals surface area contributed by atoms with E-state index in [2.05, 4.69) is 16.3 Å². The molecule has 0 aliphatic carbocycles. The van der Waals surface area contributed by atoms with Crippen LogP contribution in [-0.4, -0.2) is 43.1 Å². The Morgan fingerprint density at radius 2 is 2.30 bits per heavy atom. The fraction of sp³-hybridized carbons (Fsp3) is 0.533. The van der Waals surface area contributed by atoms with Crippen LogP contribution in [-0.2, 0) is 11.3 Å². The first-order valence-electron chi connectivity index (χ1n) is 7.16. The van der Waals surface area contributed by atoms with Gasteiger partial charge in [0.1, 0.15) is 12.4 Å². The summed E-state index contributed by atoms with van der Waals surface area (Å²) in [6, 6.07) is 8.08. The molecule has 2 rings (SSSR count). The largest absolute Gasteiger partial charge is 0.492 e. The van der Waals surface area contributed by atoms with Gasteiger partial charge in [0.2, 0.25) is 5.91 Å². The maximum atomic E-state index is 11.8. The quantitative estimate of drug-likeness (QED) is 0.833. The molecule has 0 saturated heterocycles. The number of hydrogen-bond acceptors (Lipinski definition) is 4. The Morgan fingerprint density at radius 3 is 3.05 bits per heavy atom. The number of amides is 1. The fourth-order valence-corrected chi connectivity index (χ4v) is 2.50. The van der Waals surface area contributed by atoms with Gasteiger partial charge in [0, 0.05) is 44.2 Å². The molecule has 0 spiro atoms. The third-order valence-electron chi connectivity index (χ3n) is 3.57. The molecule has 1 aliphatic rings. The molecular weight excluding hydrogens is 254 g/mol. The van der Waals surface area contributed by atoms with Gasteiger partial charge in [-0.25, -0.2) is 0 Å². The van der Waals surface area contributed by atoms with Crippen LogP contribution >= 0.6 is 0 Å². The van der Waals surface area contributed by atoms with Crippen molar-refractivity contribution in [3.8, 4) is 5.75 Å². The lowest BCUT2D eigenvalue weighted by atomic mass is 10.1. The Balaban J connectivity index is 2.05. The summed E-state index contributed by atoms with van der Waals surface area (Å²) in [5.41, 5.74) is 7.01. The van der Waals surface area contributed by atoms with E-state index in [1.54, 1.807) is 0 Å². The molecule has 1 aromatic rings. The maximum absolute atomic E-state index is 11.8. The summed E-state index contributed by atoms with van der Waals surface area (Å²) in [4.78, 5) is 14.0. The van der Waals surface area contributed by atoms with Crippen LogP contribution in [0.4, 0.5) is 0 Å². The zero-order valence-electron chi connectivity index (χ0n) is 12.0. The molecule has 1 unspecified atom stereocenters. The Hall–Kier alpha value is -1.59. The number of rotatable bonds is 5. The summed E-state index contributed by atoms with van der Waals surface area (Å²) >= 11 is 0. The number of benzene rings is 1. The van der Waals surface area contributed by atoms with E-state index in [0.717, 1.165) is 24.4 Å². The van der Waals surface area contributed by atoms with Crippen molar-refractivity contribution in [3.63, 3.8) is 0 Å². The van der Waals surface area contributed by atoms with E-state index in [1.807, 2.05) is 25.1 Å². The Bertz CT molecular complexity index is 450. The summed E-state index contributed by atoms with van der Waals surface area (Å²) < 4.78 is 5.74. The lowest BCUT2D eigenvalue weighted by Crippen LogP contribution is -2.44. The van der Waals surface area contributed by atoms with Crippen LogP contribution < -0.4 is 15.8 Å². The molecule has 1 atom stereocenters. The lowest BCUT2D eigenvalue weighted by Gasteiger charge is -2.28. The second kappa shape index (κ2) is 7.26. The molecule has 1 aromatic carbocycles. The topological polar surface area (TPSA) is 67.6 Å². The van der Waals surface area contributed by atoms with Crippen molar-refractivity contribution in [3.05, 3.63) is 29.8 Å². The molecule has 0 saturated carbocycles. The van der Waals surface area contributed by atoms with Crippen LogP contribution in [0, 0.1) is 0 Å². The molecular formula is C15H23N3O2. The van der Waals surface area contributed by atoms with Crippen molar-refractivity contribution in [1.82, 2.24) is 10.2 Å². The number of nitrogens with zero attached hydrogens (tertiary/aromatic N) is 1. The second-order valence-electron chi connectivity index (χ2n) is 4.97. The third kappa shape index (κ3) is 3.71. The monoisotopic (exact) mass is 277 g/mol. The van der Waals surface area contributed by atoms with E-state index in [-0.39, 0.29) is 11.9 Å². The molecule has 1 amide bonds. The van der Waals surface area contributed by atoms with Gasteiger partial charge in [0.05, 0.1) is 0 Å². The number of hydrogen-bond donors (Lipinski definition) is 2. The zero-order valence-corrected chi connectivity index (χ0v) is 12.0. The normalized spacial score (nSPS) is 16.7. The molecule has 0 bridgehead atoms. The second-order valence-corrected chi connectivity index (χ2v) is 4.97. The van der Waals surface area contributed by atoms with E-state index in [9.17, 15) is 4.79 Å². The summed E-state index contributed by atoms with van der Waals surface area (Å²) in [7, 11) is 0. The van der Waals surface area contributed by atoms with Gasteiger partial charge in [-0.3, -0.25) is 9.69 Å². The summed E-state index contributed by atoms with van der Waals surface area (Å²) in [6.45, 7) is 5.24. The Labute approximate surface area is 120 Å². The van der Waals surface area contributed by atoms with Gasteiger partial charge in [-0.2, -0.15) is 0 Å². The standard InChI is InChI=1S/C15H23N3O2/c1-2-17-15(19)9-13(10-16)18-7-8-20-14-6-4-3-5-12(14)11-18/h3-6,13H,2,7-11,16H2,1H3,(H,17,19). The Kier molecular flexibility index (Phi) is 5.38. The number of ether oxygens (including phenoxy) is 1. The van der Waals surface area contributed by atoms with Gasteiger partial charge in [0.25, 0.3) is 0 Å². The first-order valence-corrected chi connectivity index (χ1v) is 7.16. The van der Waals surface area contributed by atoms with Crippen molar-refractivity contribution >= 4 is 5.91 Å². The van der Waals surface area contributed by atoms with Gasteiger partial charge < -0.3 is 15.8 Å². The molecule has 110 valence electrons. The number of fused-ring (bicyclic) bond motifs is 1. The van der Waals surface area contributed by atoms with Crippen LogP contribution in [0.15, 0.2) is 24.3 Å². The van der Waals surface area contributed by atoms with E-state index in [1.165, 1.54) is 0 Å². The lowest BCUT2D eigenvalue weighted by molar-refractivity contribution is -0.122. The zero-order chi connectivity index (χ0) is 14.4. The van der Waals surface area contributed by atoms with Crippen LogP contribution in [0.3, 0.4) is 0 Å². The highest BCUT2D eigenvalue weighted by Crippen LogP contribution is 2.23. The number of para-hydroxylation sites is 1.